The van der Waals surface area contributed by atoms with Crippen LogP contribution in [-0.4, -0.2) is 18.7 Å². The second-order valence-electron chi connectivity index (χ2n) is 2.56. The van der Waals surface area contributed by atoms with Gasteiger partial charge in [-0.1, -0.05) is 12.1 Å². The molecule has 0 unspecified atom stereocenters. The number of halogens is 1. The number of benzene rings is 1. The van der Waals surface area contributed by atoms with E-state index in [0.717, 1.165) is 10.2 Å². The van der Waals surface area contributed by atoms with Gasteiger partial charge < -0.3 is 4.90 Å². The van der Waals surface area contributed by atoms with Gasteiger partial charge in [-0.25, -0.2) is 0 Å². The molecule has 1 aromatic carbocycles. The normalized spacial score (nSPS) is 9.77. The monoisotopic (exact) mass is 259 g/mol. The summed E-state index contributed by atoms with van der Waals surface area (Å²) < 4.78 is 0.910. The first-order chi connectivity index (χ1) is 6.16. The fourth-order valence-corrected chi connectivity index (χ4v) is 1.73. The lowest BCUT2D eigenvalue weighted by molar-refractivity contribution is -0.115. The smallest absolute Gasteiger partial charge is 0.236 e. The van der Waals surface area contributed by atoms with E-state index < -0.39 is 0 Å². The third-order valence-electron chi connectivity index (χ3n) is 1.72. The molecule has 70 valence electrons. The number of rotatable bonds is 2. The topological polar surface area (TPSA) is 20.3 Å². The Balaban J connectivity index is 2.95. The molecule has 0 spiro atoms. The summed E-state index contributed by atoms with van der Waals surface area (Å²) in [4.78, 5) is 12.9. The van der Waals surface area contributed by atoms with E-state index >= 15 is 0 Å². The van der Waals surface area contributed by atoms with E-state index in [9.17, 15) is 4.79 Å². The van der Waals surface area contributed by atoms with E-state index in [4.69, 9.17) is 0 Å². The van der Waals surface area contributed by atoms with Gasteiger partial charge in [0.15, 0.2) is 0 Å². The number of hydrogen-bond donors (Lipinski definition) is 1. The Kier molecular flexibility index (Phi) is 3.81. The summed E-state index contributed by atoms with van der Waals surface area (Å²) in [6.45, 7) is 0. The van der Waals surface area contributed by atoms with Crippen molar-refractivity contribution in [3.05, 3.63) is 28.7 Å². The van der Waals surface area contributed by atoms with Gasteiger partial charge in [0.1, 0.15) is 0 Å². The molecule has 0 N–H and O–H groups in total. The van der Waals surface area contributed by atoms with Crippen molar-refractivity contribution in [1.82, 2.24) is 0 Å². The molecule has 0 aliphatic carbocycles. The molecule has 0 saturated heterocycles. The van der Waals surface area contributed by atoms with Gasteiger partial charge >= 0.3 is 0 Å². The molecule has 1 amide bonds. The number of carbonyl (C=O) groups is 1. The van der Waals surface area contributed by atoms with Crippen molar-refractivity contribution < 1.29 is 4.79 Å². The fourth-order valence-electron chi connectivity index (χ4n) is 0.964. The van der Waals surface area contributed by atoms with Crippen LogP contribution in [0.25, 0.3) is 0 Å². The largest absolute Gasteiger partial charge is 0.314 e. The summed E-state index contributed by atoms with van der Waals surface area (Å²) >= 11 is 7.31. The Bertz CT molecular complexity index is 316. The van der Waals surface area contributed by atoms with Gasteiger partial charge in [-0.05, 0) is 28.1 Å². The van der Waals surface area contributed by atoms with Gasteiger partial charge in [-0.15, -0.1) is 0 Å². The van der Waals surface area contributed by atoms with Crippen LogP contribution in [0.2, 0.25) is 0 Å². The molecule has 4 heteroatoms. The van der Waals surface area contributed by atoms with Gasteiger partial charge in [0.05, 0.1) is 11.4 Å². The third-order valence-corrected chi connectivity index (χ3v) is 2.66. The van der Waals surface area contributed by atoms with Crippen molar-refractivity contribution >= 4 is 40.2 Å². The summed E-state index contributed by atoms with van der Waals surface area (Å²) in [7, 11) is 1.73. The molecular weight excluding hydrogens is 250 g/mol. The van der Waals surface area contributed by atoms with Crippen molar-refractivity contribution in [2.24, 2.45) is 0 Å². The summed E-state index contributed by atoms with van der Waals surface area (Å²) in [5.74, 6) is 0.202. The molecular formula is C9H10BrNOS. The maximum absolute atomic E-state index is 11.3. The predicted molar refractivity (Wildman–Crippen MR) is 61.4 cm³/mol. The molecule has 0 aromatic heterocycles. The zero-order chi connectivity index (χ0) is 9.84. The molecule has 2 nitrogen and oxygen atoms in total. The van der Waals surface area contributed by atoms with Crippen LogP contribution in [0.1, 0.15) is 0 Å². The summed E-state index contributed by atoms with van der Waals surface area (Å²) in [6, 6.07) is 7.58. The van der Waals surface area contributed by atoms with E-state index in [-0.39, 0.29) is 11.7 Å². The van der Waals surface area contributed by atoms with Gasteiger partial charge in [0.2, 0.25) is 5.91 Å². The van der Waals surface area contributed by atoms with Crippen molar-refractivity contribution in [1.29, 1.82) is 0 Å². The number of amides is 1. The summed E-state index contributed by atoms with van der Waals surface area (Å²) in [5.41, 5.74) is 0.863. The number of anilines is 1. The maximum Gasteiger partial charge on any atom is 0.236 e. The fraction of sp³-hybridized carbons (Fsp3) is 0.222. The van der Waals surface area contributed by atoms with Crippen molar-refractivity contribution in [2.45, 2.75) is 0 Å². The summed E-state index contributed by atoms with van der Waals surface area (Å²) in [5, 5.41) is 0. The maximum atomic E-state index is 11.3. The van der Waals surface area contributed by atoms with Crippen LogP contribution < -0.4 is 4.90 Å². The Hall–Kier alpha value is -0.480. The highest BCUT2D eigenvalue weighted by atomic mass is 79.9. The molecule has 0 bridgehead atoms. The van der Waals surface area contributed by atoms with E-state index in [1.54, 1.807) is 11.9 Å². The zero-order valence-corrected chi connectivity index (χ0v) is 9.68. The first-order valence-electron chi connectivity index (χ1n) is 3.78. The van der Waals surface area contributed by atoms with Crippen LogP contribution in [0.4, 0.5) is 5.69 Å². The Morgan fingerprint density at radius 3 is 2.69 bits per heavy atom. The molecule has 13 heavy (non-hydrogen) atoms. The first-order valence-corrected chi connectivity index (χ1v) is 5.21. The Morgan fingerprint density at radius 1 is 1.54 bits per heavy atom. The highest BCUT2D eigenvalue weighted by molar-refractivity contribution is 9.10. The molecule has 0 heterocycles. The van der Waals surface area contributed by atoms with E-state index in [0.29, 0.717) is 0 Å². The van der Waals surface area contributed by atoms with E-state index in [2.05, 4.69) is 28.6 Å². The average Bonchev–Trinajstić information content (AvgIpc) is 2.16. The number of thiol groups is 1. The molecule has 0 fully saturated rings. The average molecular weight is 260 g/mol. The van der Waals surface area contributed by atoms with Gasteiger partial charge in [0, 0.05) is 11.5 Å². The quantitative estimate of drug-likeness (QED) is 0.809. The molecule has 0 saturated carbocycles. The van der Waals surface area contributed by atoms with Gasteiger partial charge in [-0.3, -0.25) is 4.79 Å². The molecule has 0 atom stereocenters. The van der Waals surface area contributed by atoms with Crippen molar-refractivity contribution in [3.8, 4) is 0 Å². The second kappa shape index (κ2) is 4.67. The lowest BCUT2D eigenvalue weighted by Gasteiger charge is -2.17. The van der Waals surface area contributed by atoms with E-state index in [1.165, 1.54) is 0 Å². The number of nitrogens with zero attached hydrogens (tertiary/aromatic N) is 1. The van der Waals surface area contributed by atoms with Crippen molar-refractivity contribution in [3.63, 3.8) is 0 Å². The SMILES string of the molecule is CN(C(=O)CS)c1ccccc1Br. The minimum atomic E-state index is -0.0183. The van der Waals surface area contributed by atoms with Crippen LogP contribution in [0.15, 0.2) is 28.7 Å². The number of para-hydroxylation sites is 1. The molecule has 0 radical (unpaired) electrons. The minimum absolute atomic E-state index is 0.0183. The molecule has 1 aromatic rings. The van der Waals surface area contributed by atoms with Crippen LogP contribution in [0, 0.1) is 0 Å². The molecule has 1 rings (SSSR count). The molecule has 0 aliphatic heterocycles. The second-order valence-corrected chi connectivity index (χ2v) is 3.73. The third kappa shape index (κ3) is 2.48. The van der Waals surface area contributed by atoms with Crippen LogP contribution in [-0.2, 0) is 4.79 Å². The number of carbonyl (C=O) groups excluding carboxylic acids is 1. The zero-order valence-electron chi connectivity index (χ0n) is 7.20. The van der Waals surface area contributed by atoms with Crippen molar-refractivity contribution in [2.75, 3.05) is 17.7 Å². The highest BCUT2D eigenvalue weighted by Gasteiger charge is 2.10. The van der Waals surface area contributed by atoms with Crippen LogP contribution in [0.5, 0.6) is 0 Å². The lowest BCUT2D eigenvalue weighted by Crippen LogP contribution is -2.27. The lowest BCUT2D eigenvalue weighted by atomic mass is 10.3. The summed E-state index contributed by atoms with van der Waals surface area (Å²) in [6.07, 6.45) is 0. The minimum Gasteiger partial charge on any atom is -0.314 e. The van der Waals surface area contributed by atoms with E-state index in [1.807, 2.05) is 24.3 Å². The van der Waals surface area contributed by atoms with Crippen LogP contribution >= 0.6 is 28.6 Å². The first kappa shape index (κ1) is 10.6. The van der Waals surface area contributed by atoms with Gasteiger partial charge in [-0.2, -0.15) is 12.6 Å². The van der Waals surface area contributed by atoms with Gasteiger partial charge in [0.25, 0.3) is 0 Å². The standard InChI is InChI=1S/C9H10BrNOS/c1-11(9(12)6-13)8-5-3-2-4-7(8)10/h2-5,13H,6H2,1H3. The molecule has 0 aliphatic rings. The Morgan fingerprint density at radius 2 is 2.15 bits per heavy atom. The number of hydrogen-bond acceptors (Lipinski definition) is 2. The van der Waals surface area contributed by atoms with Crippen LogP contribution in [0.3, 0.4) is 0 Å². The predicted octanol–water partition coefficient (Wildman–Crippen LogP) is 2.34. The highest BCUT2D eigenvalue weighted by Crippen LogP contribution is 2.24. The Labute approximate surface area is 91.5 Å².